The summed E-state index contributed by atoms with van der Waals surface area (Å²) < 4.78 is 11.4. The Balaban J connectivity index is 1.19. The van der Waals surface area contributed by atoms with Crippen molar-refractivity contribution in [1.29, 1.82) is 0 Å². The average molecular weight is 451 g/mol. The van der Waals surface area contributed by atoms with Gasteiger partial charge in [0.15, 0.2) is 5.78 Å². The van der Waals surface area contributed by atoms with E-state index in [1.807, 2.05) is 4.90 Å². The number of ketones is 1. The number of nitrogens with zero attached hydrogens (tertiary/aromatic N) is 4. The second-order valence-electron chi connectivity index (χ2n) is 8.04. The molecule has 0 bridgehead atoms. The Bertz CT molecular complexity index is 991. The van der Waals surface area contributed by atoms with Gasteiger partial charge in [0, 0.05) is 43.5 Å². The van der Waals surface area contributed by atoms with Crippen LogP contribution in [0.1, 0.15) is 24.7 Å². The van der Waals surface area contributed by atoms with Gasteiger partial charge in [0.05, 0.1) is 22.6 Å². The maximum Gasteiger partial charge on any atom is 0.320 e. The second kappa shape index (κ2) is 7.83. The minimum atomic E-state index is -0.0109. The summed E-state index contributed by atoms with van der Waals surface area (Å²) in [4.78, 5) is 28.1. The largest absolute Gasteiger partial charge is 0.420 e. The van der Waals surface area contributed by atoms with Crippen LogP contribution in [0.4, 0.5) is 4.79 Å². The van der Waals surface area contributed by atoms with Crippen LogP contribution in [0.2, 0.25) is 10.0 Å². The summed E-state index contributed by atoms with van der Waals surface area (Å²) in [5.74, 6) is 1.04. The van der Waals surface area contributed by atoms with E-state index in [1.165, 1.54) is 0 Å². The molecule has 0 unspecified atom stereocenters. The summed E-state index contributed by atoms with van der Waals surface area (Å²) in [6, 6.07) is 5.07. The molecule has 2 aromatic rings. The van der Waals surface area contributed by atoms with E-state index >= 15 is 0 Å². The van der Waals surface area contributed by atoms with E-state index in [1.54, 1.807) is 23.1 Å². The zero-order valence-electron chi connectivity index (χ0n) is 16.1. The predicted octanol–water partition coefficient (Wildman–Crippen LogP) is 3.24. The number of halogens is 2. The van der Waals surface area contributed by atoms with Gasteiger partial charge in [-0.3, -0.25) is 4.79 Å². The molecule has 3 aliphatic heterocycles. The Kier molecular flexibility index (Phi) is 5.16. The highest BCUT2D eigenvalue weighted by Crippen LogP contribution is 2.34. The van der Waals surface area contributed by atoms with Gasteiger partial charge in [0.1, 0.15) is 6.61 Å². The van der Waals surface area contributed by atoms with Crippen LogP contribution < -0.4 is 0 Å². The van der Waals surface area contributed by atoms with E-state index in [0.717, 1.165) is 6.42 Å². The highest BCUT2D eigenvalue weighted by Gasteiger charge is 2.41. The standard InChI is InChI=1S/C20H20Cl2N4O4/c21-13-1-2-15(16(22)6-13)19-24-23-18(30-19)12-8-26(9-12)20(28)25-4-3-17-11(7-25)5-14(27)10-29-17/h1-2,6,11-12,17H,3-5,7-10H2/t11-,17+/m1/s1. The van der Waals surface area contributed by atoms with Gasteiger partial charge in [-0.25, -0.2) is 4.79 Å². The molecule has 5 rings (SSSR count). The molecule has 2 amide bonds. The Morgan fingerprint density at radius 2 is 1.97 bits per heavy atom. The second-order valence-corrected chi connectivity index (χ2v) is 8.88. The van der Waals surface area contributed by atoms with Gasteiger partial charge in [-0.2, -0.15) is 0 Å². The average Bonchev–Trinajstić information content (AvgIpc) is 3.15. The number of likely N-dealkylation sites (tertiary alicyclic amines) is 2. The van der Waals surface area contributed by atoms with Crippen molar-refractivity contribution in [2.75, 3.05) is 32.8 Å². The maximum absolute atomic E-state index is 12.8. The predicted molar refractivity (Wildman–Crippen MR) is 109 cm³/mol. The van der Waals surface area contributed by atoms with Crippen LogP contribution >= 0.6 is 23.2 Å². The van der Waals surface area contributed by atoms with Gasteiger partial charge in [-0.05, 0) is 24.6 Å². The van der Waals surface area contributed by atoms with Crippen molar-refractivity contribution >= 4 is 35.0 Å². The van der Waals surface area contributed by atoms with E-state index in [0.29, 0.717) is 60.0 Å². The van der Waals surface area contributed by atoms with Gasteiger partial charge >= 0.3 is 6.03 Å². The van der Waals surface area contributed by atoms with Gasteiger partial charge < -0.3 is 19.0 Å². The van der Waals surface area contributed by atoms with E-state index in [4.69, 9.17) is 32.4 Å². The van der Waals surface area contributed by atoms with Gasteiger partial charge in [-0.1, -0.05) is 23.2 Å². The molecule has 1 aromatic carbocycles. The molecule has 4 heterocycles. The lowest BCUT2D eigenvalue weighted by molar-refractivity contribution is -0.140. The summed E-state index contributed by atoms with van der Waals surface area (Å²) in [7, 11) is 0. The molecule has 8 nitrogen and oxygen atoms in total. The maximum atomic E-state index is 12.8. The van der Waals surface area contributed by atoms with Gasteiger partial charge in [0.25, 0.3) is 0 Å². The fourth-order valence-electron chi connectivity index (χ4n) is 4.31. The first-order valence-corrected chi connectivity index (χ1v) is 10.7. The molecule has 0 radical (unpaired) electrons. The highest BCUT2D eigenvalue weighted by atomic mass is 35.5. The number of ether oxygens (including phenoxy) is 1. The molecular weight excluding hydrogens is 431 g/mol. The quantitative estimate of drug-likeness (QED) is 0.697. The number of amides is 2. The molecule has 0 spiro atoms. The first kappa shape index (κ1) is 19.8. The van der Waals surface area contributed by atoms with Crippen molar-refractivity contribution in [3.05, 3.63) is 34.1 Å². The first-order valence-electron chi connectivity index (χ1n) is 9.94. The lowest BCUT2D eigenvalue weighted by Crippen LogP contribution is -2.58. The van der Waals surface area contributed by atoms with Crippen molar-refractivity contribution in [2.45, 2.75) is 24.9 Å². The number of carbonyl (C=O) groups is 2. The highest BCUT2D eigenvalue weighted by molar-refractivity contribution is 6.36. The number of fused-ring (bicyclic) bond motifs is 1. The van der Waals surface area contributed by atoms with E-state index in [2.05, 4.69) is 10.2 Å². The molecule has 3 aliphatic rings. The van der Waals surface area contributed by atoms with Crippen LogP contribution in [-0.4, -0.2) is 70.7 Å². The van der Waals surface area contributed by atoms with Crippen LogP contribution in [0, 0.1) is 5.92 Å². The Morgan fingerprint density at radius 1 is 1.13 bits per heavy atom. The molecule has 10 heteroatoms. The smallest absolute Gasteiger partial charge is 0.320 e. The van der Waals surface area contributed by atoms with E-state index in [-0.39, 0.29) is 36.4 Å². The number of aromatic nitrogens is 2. The van der Waals surface area contributed by atoms with Crippen LogP contribution in [0.3, 0.4) is 0 Å². The lowest BCUT2D eigenvalue weighted by Gasteiger charge is -2.45. The monoisotopic (exact) mass is 450 g/mol. The normalized spacial score (nSPS) is 24.5. The van der Waals surface area contributed by atoms with Crippen molar-refractivity contribution in [3.63, 3.8) is 0 Å². The topological polar surface area (TPSA) is 88.8 Å². The van der Waals surface area contributed by atoms with E-state index < -0.39 is 0 Å². The Morgan fingerprint density at radius 3 is 2.77 bits per heavy atom. The molecule has 0 saturated carbocycles. The number of piperidine rings is 1. The van der Waals surface area contributed by atoms with Crippen molar-refractivity contribution < 1.29 is 18.7 Å². The number of Topliss-reactive ketones (excluding diaryl/α,β-unsaturated/α-hetero) is 1. The fraction of sp³-hybridized carbons (Fsp3) is 0.500. The summed E-state index contributed by atoms with van der Waals surface area (Å²) in [6.07, 6.45) is 1.36. The van der Waals surface area contributed by atoms with Crippen molar-refractivity contribution in [2.24, 2.45) is 5.92 Å². The van der Waals surface area contributed by atoms with Crippen LogP contribution in [-0.2, 0) is 9.53 Å². The minimum Gasteiger partial charge on any atom is -0.420 e. The third kappa shape index (κ3) is 3.68. The number of benzene rings is 1. The summed E-state index contributed by atoms with van der Waals surface area (Å²) in [6.45, 7) is 2.46. The molecule has 2 atom stereocenters. The lowest BCUT2D eigenvalue weighted by atomic mass is 9.88. The summed E-state index contributed by atoms with van der Waals surface area (Å²) in [5.41, 5.74) is 0.624. The third-order valence-electron chi connectivity index (χ3n) is 5.99. The molecule has 0 aliphatic carbocycles. The van der Waals surface area contributed by atoms with Crippen LogP contribution in [0.15, 0.2) is 22.6 Å². The minimum absolute atomic E-state index is 0.00148. The molecule has 3 saturated heterocycles. The summed E-state index contributed by atoms with van der Waals surface area (Å²) in [5, 5.41) is 9.19. The number of hydrogen-bond donors (Lipinski definition) is 0. The Hall–Kier alpha value is -2.16. The summed E-state index contributed by atoms with van der Waals surface area (Å²) >= 11 is 12.1. The van der Waals surface area contributed by atoms with E-state index in [9.17, 15) is 9.59 Å². The fourth-order valence-corrected chi connectivity index (χ4v) is 4.80. The third-order valence-corrected chi connectivity index (χ3v) is 6.53. The van der Waals surface area contributed by atoms with Crippen LogP contribution in [0.25, 0.3) is 11.5 Å². The molecule has 1 aromatic heterocycles. The molecule has 0 N–H and O–H groups in total. The SMILES string of the molecule is O=C1CO[C@H]2CCN(C(=O)N3CC(c4nnc(-c5ccc(Cl)cc5Cl)o4)C3)C[C@H]2C1. The number of urea groups is 1. The van der Waals surface area contributed by atoms with Crippen molar-refractivity contribution in [1.82, 2.24) is 20.0 Å². The van der Waals surface area contributed by atoms with Crippen molar-refractivity contribution in [3.8, 4) is 11.5 Å². The molecular formula is C20H20Cl2N4O4. The molecule has 30 heavy (non-hydrogen) atoms. The number of rotatable bonds is 2. The first-order chi connectivity index (χ1) is 14.5. The van der Waals surface area contributed by atoms with Crippen LogP contribution in [0.5, 0.6) is 0 Å². The number of carbonyl (C=O) groups excluding carboxylic acids is 2. The number of hydrogen-bond acceptors (Lipinski definition) is 6. The Labute approximate surface area is 183 Å². The zero-order chi connectivity index (χ0) is 20.8. The molecule has 158 valence electrons. The molecule has 3 fully saturated rings. The zero-order valence-corrected chi connectivity index (χ0v) is 17.6. The van der Waals surface area contributed by atoms with Gasteiger partial charge in [-0.15, -0.1) is 10.2 Å². The van der Waals surface area contributed by atoms with Gasteiger partial charge in [0.2, 0.25) is 11.8 Å².